The normalized spacial score (nSPS) is 16.0. The summed E-state index contributed by atoms with van der Waals surface area (Å²) < 4.78 is 37.7. The average molecular weight is 389 g/mol. The van der Waals surface area contributed by atoms with Gasteiger partial charge in [0, 0.05) is 33.1 Å². The summed E-state index contributed by atoms with van der Waals surface area (Å²) in [5, 5.41) is 0. The molecule has 0 aliphatic carbocycles. The molecule has 0 saturated carbocycles. The van der Waals surface area contributed by atoms with Gasteiger partial charge in [0.15, 0.2) is 17.2 Å². The van der Waals surface area contributed by atoms with Crippen molar-refractivity contribution in [3.8, 4) is 5.75 Å². The number of benzene rings is 1. The second kappa shape index (κ2) is 6.78. The summed E-state index contributed by atoms with van der Waals surface area (Å²) >= 11 is 0. The zero-order valence-electron chi connectivity index (χ0n) is 15.0. The number of fused-ring (bicyclic) bond motifs is 1. The van der Waals surface area contributed by atoms with Crippen molar-refractivity contribution in [3.05, 3.63) is 36.5 Å². The molecular weight excluding hydrogens is 370 g/mol. The number of methoxy groups -OCH3 is 1. The van der Waals surface area contributed by atoms with Crippen LogP contribution in [0.2, 0.25) is 0 Å². The minimum Gasteiger partial charge on any atom is -0.497 e. The summed E-state index contributed by atoms with van der Waals surface area (Å²) in [5.74, 6) is 1.81. The molecule has 1 aliphatic rings. The van der Waals surface area contributed by atoms with Crippen molar-refractivity contribution in [1.82, 2.24) is 19.3 Å². The highest BCUT2D eigenvalue weighted by Gasteiger charge is 2.30. The third kappa shape index (κ3) is 3.21. The molecule has 27 heavy (non-hydrogen) atoms. The van der Waals surface area contributed by atoms with Gasteiger partial charge in [0.1, 0.15) is 12.1 Å². The topological polar surface area (TPSA) is 102 Å². The van der Waals surface area contributed by atoms with E-state index in [4.69, 9.17) is 9.15 Å². The lowest BCUT2D eigenvalue weighted by molar-refractivity contribution is 0.384. The molecule has 1 fully saturated rings. The molecule has 4 rings (SSSR count). The number of anilines is 1. The zero-order valence-corrected chi connectivity index (χ0v) is 15.8. The van der Waals surface area contributed by atoms with Crippen molar-refractivity contribution in [2.24, 2.45) is 0 Å². The molecule has 9 nitrogen and oxygen atoms in total. The number of sulfonamides is 1. The number of oxazole rings is 1. The Kier molecular flexibility index (Phi) is 4.44. The number of aryl methyl sites for hydroxylation is 1. The molecule has 3 heterocycles. The van der Waals surface area contributed by atoms with Crippen molar-refractivity contribution in [3.63, 3.8) is 0 Å². The highest BCUT2D eigenvalue weighted by atomic mass is 32.2. The fourth-order valence-corrected chi connectivity index (χ4v) is 4.54. The summed E-state index contributed by atoms with van der Waals surface area (Å²) in [4.78, 5) is 15.0. The molecule has 0 spiro atoms. The lowest BCUT2D eigenvalue weighted by atomic mass is 10.3. The molecule has 0 radical (unpaired) electrons. The van der Waals surface area contributed by atoms with E-state index >= 15 is 0 Å². The van der Waals surface area contributed by atoms with Crippen LogP contribution >= 0.6 is 0 Å². The molecule has 1 aromatic carbocycles. The lowest BCUT2D eigenvalue weighted by Gasteiger charge is -2.34. The van der Waals surface area contributed by atoms with E-state index in [-0.39, 0.29) is 4.90 Å². The number of ether oxygens (including phenoxy) is 1. The van der Waals surface area contributed by atoms with Crippen LogP contribution in [0.1, 0.15) is 5.89 Å². The number of rotatable bonds is 4. The van der Waals surface area contributed by atoms with Crippen molar-refractivity contribution >= 4 is 27.1 Å². The van der Waals surface area contributed by atoms with Gasteiger partial charge >= 0.3 is 0 Å². The Morgan fingerprint density at radius 2 is 1.78 bits per heavy atom. The average Bonchev–Trinajstić information content (AvgIpc) is 3.08. The quantitative estimate of drug-likeness (QED) is 0.661. The molecule has 0 unspecified atom stereocenters. The van der Waals surface area contributed by atoms with Gasteiger partial charge in [-0.05, 0) is 24.3 Å². The summed E-state index contributed by atoms with van der Waals surface area (Å²) in [6.45, 7) is 3.49. The molecule has 0 bridgehead atoms. The Labute approximate surface area is 156 Å². The third-order valence-electron chi connectivity index (χ3n) is 4.52. The predicted octanol–water partition coefficient (Wildman–Crippen LogP) is 1.45. The van der Waals surface area contributed by atoms with E-state index in [2.05, 4.69) is 15.0 Å². The molecule has 0 amide bonds. The molecule has 3 aromatic rings. The summed E-state index contributed by atoms with van der Waals surface area (Å²) in [6, 6.07) is 6.42. The highest BCUT2D eigenvalue weighted by Crippen LogP contribution is 2.26. The maximum atomic E-state index is 12.9. The van der Waals surface area contributed by atoms with Gasteiger partial charge in [0.25, 0.3) is 5.71 Å². The molecule has 0 atom stereocenters. The Bertz CT molecular complexity index is 1060. The molecular formula is C17H19N5O4S. The monoisotopic (exact) mass is 389 g/mol. The smallest absolute Gasteiger partial charge is 0.252 e. The van der Waals surface area contributed by atoms with Crippen LogP contribution in [-0.2, 0) is 10.0 Å². The van der Waals surface area contributed by atoms with E-state index in [1.165, 1.54) is 10.6 Å². The van der Waals surface area contributed by atoms with Gasteiger partial charge in [-0.3, -0.25) is 0 Å². The third-order valence-corrected chi connectivity index (χ3v) is 6.43. The van der Waals surface area contributed by atoms with Crippen LogP contribution in [0.5, 0.6) is 5.75 Å². The Hall–Kier alpha value is -2.72. The number of hydrogen-bond donors (Lipinski definition) is 0. The number of aromatic nitrogens is 3. The molecule has 10 heteroatoms. The minimum atomic E-state index is -3.55. The number of piperazine rings is 1. The fraction of sp³-hybridized carbons (Fsp3) is 0.353. The molecule has 1 saturated heterocycles. The van der Waals surface area contributed by atoms with Gasteiger partial charge in [0.2, 0.25) is 10.0 Å². The maximum Gasteiger partial charge on any atom is 0.252 e. The molecule has 142 valence electrons. The van der Waals surface area contributed by atoms with E-state index in [9.17, 15) is 8.42 Å². The van der Waals surface area contributed by atoms with Crippen molar-refractivity contribution in [2.45, 2.75) is 11.8 Å². The van der Waals surface area contributed by atoms with Gasteiger partial charge in [0.05, 0.1) is 12.0 Å². The van der Waals surface area contributed by atoms with Crippen LogP contribution < -0.4 is 9.64 Å². The van der Waals surface area contributed by atoms with Crippen LogP contribution in [-0.4, -0.2) is 61.0 Å². The Morgan fingerprint density at radius 1 is 1.07 bits per heavy atom. The standard InChI is InChI=1S/C17H19N5O4S/c1-12-20-15-16(18-11-19-17(15)26-12)21-7-9-22(10-8-21)27(23,24)14-5-3-13(25-2)4-6-14/h3-6,11H,7-10H2,1-2H3. The summed E-state index contributed by atoms with van der Waals surface area (Å²) in [6.07, 6.45) is 1.43. The van der Waals surface area contributed by atoms with E-state index < -0.39 is 10.0 Å². The van der Waals surface area contributed by atoms with E-state index in [1.54, 1.807) is 38.3 Å². The lowest BCUT2D eigenvalue weighted by Crippen LogP contribution is -2.49. The van der Waals surface area contributed by atoms with Crippen LogP contribution in [0, 0.1) is 6.92 Å². The highest BCUT2D eigenvalue weighted by molar-refractivity contribution is 7.89. The molecule has 1 aliphatic heterocycles. The zero-order chi connectivity index (χ0) is 19.0. The second-order valence-electron chi connectivity index (χ2n) is 6.15. The Morgan fingerprint density at radius 3 is 2.44 bits per heavy atom. The first-order valence-electron chi connectivity index (χ1n) is 8.46. The minimum absolute atomic E-state index is 0.258. The first-order valence-corrected chi connectivity index (χ1v) is 9.90. The maximum absolute atomic E-state index is 12.9. The fourth-order valence-electron chi connectivity index (χ4n) is 3.12. The predicted molar refractivity (Wildman–Crippen MR) is 98.3 cm³/mol. The van der Waals surface area contributed by atoms with Crippen LogP contribution in [0.25, 0.3) is 11.2 Å². The first-order chi connectivity index (χ1) is 13.0. The second-order valence-corrected chi connectivity index (χ2v) is 8.09. The van der Waals surface area contributed by atoms with Gasteiger partial charge in [-0.25, -0.2) is 18.4 Å². The number of hydrogen-bond acceptors (Lipinski definition) is 8. The largest absolute Gasteiger partial charge is 0.497 e. The summed E-state index contributed by atoms with van der Waals surface area (Å²) in [7, 11) is -2.00. The van der Waals surface area contributed by atoms with E-state index in [0.717, 1.165) is 0 Å². The van der Waals surface area contributed by atoms with Crippen molar-refractivity contribution in [1.29, 1.82) is 0 Å². The molecule has 0 N–H and O–H groups in total. The summed E-state index contributed by atoms with van der Waals surface area (Å²) in [5.41, 5.74) is 1.03. The van der Waals surface area contributed by atoms with Gasteiger partial charge in [-0.1, -0.05) is 0 Å². The van der Waals surface area contributed by atoms with Gasteiger partial charge < -0.3 is 14.1 Å². The van der Waals surface area contributed by atoms with Gasteiger partial charge in [-0.2, -0.15) is 9.29 Å². The SMILES string of the molecule is COc1ccc(S(=O)(=O)N2CCN(c3ncnc4oc(C)nc34)CC2)cc1. The number of nitrogens with zero attached hydrogens (tertiary/aromatic N) is 5. The first kappa shape index (κ1) is 17.7. The van der Waals surface area contributed by atoms with Crippen molar-refractivity contribution in [2.75, 3.05) is 38.2 Å². The van der Waals surface area contributed by atoms with E-state index in [0.29, 0.717) is 54.9 Å². The van der Waals surface area contributed by atoms with Crippen molar-refractivity contribution < 1.29 is 17.6 Å². The van der Waals surface area contributed by atoms with Crippen LogP contribution in [0.3, 0.4) is 0 Å². The molecule has 2 aromatic heterocycles. The van der Waals surface area contributed by atoms with Crippen LogP contribution in [0.4, 0.5) is 5.82 Å². The van der Waals surface area contributed by atoms with Crippen LogP contribution in [0.15, 0.2) is 39.9 Å². The van der Waals surface area contributed by atoms with E-state index in [1.807, 2.05) is 4.90 Å². The Balaban J connectivity index is 1.52. The van der Waals surface area contributed by atoms with Gasteiger partial charge in [-0.15, -0.1) is 0 Å².